The summed E-state index contributed by atoms with van der Waals surface area (Å²) in [5, 5.41) is 11.2. The van der Waals surface area contributed by atoms with Crippen LogP contribution in [-0.4, -0.2) is 29.9 Å². The third kappa shape index (κ3) is 3.59. The van der Waals surface area contributed by atoms with Crippen LogP contribution in [0.25, 0.3) is 22.5 Å². The molecule has 7 heteroatoms. The molecule has 0 spiro atoms. The van der Waals surface area contributed by atoms with Crippen LogP contribution < -0.4 is 5.43 Å². The second kappa shape index (κ2) is 7.56. The third-order valence-electron chi connectivity index (χ3n) is 4.60. The van der Waals surface area contributed by atoms with E-state index in [9.17, 15) is 4.79 Å². The molecular weight excluding hydrogens is 352 g/mol. The highest BCUT2D eigenvalue weighted by atomic mass is 16.1. The van der Waals surface area contributed by atoms with E-state index in [0.717, 1.165) is 28.7 Å². The van der Waals surface area contributed by atoms with Gasteiger partial charge in [-0.15, -0.1) is 0 Å². The average Bonchev–Trinajstić information content (AvgIpc) is 3.16. The number of benzene rings is 1. The first-order chi connectivity index (χ1) is 13.6. The number of nitrogens with zero attached hydrogens (tertiary/aromatic N) is 5. The molecule has 0 saturated carbocycles. The molecule has 0 amide bonds. The van der Waals surface area contributed by atoms with Crippen LogP contribution in [0.2, 0.25) is 0 Å². The summed E-state index contributed by atoms with van der Waals surface area (Å²) in [6.45, 7) is 2.07. The van der Waals surface area contributed by atoms with E-state index in [0.29, 0.717) is 23.5 Å². The lowest BCUT2D eigenvalue weighted by molar-refractivity contribution is 0.768. The molecule has 3 aromatic heterocycles. The molecule has 0 saturated heterocycles. The van der Waals surface area contributed by atoms with E-state index < -0.39 is 0 Å². The quantitative estimate of drug-likeness (QED) is 0.582. The van der Waals surface area contributed by atoms with E-state index in [1.807, 2.05) is 49.9 Å². The summed E-state index contributed by atoms with van der Waals surface area (Å²) in [4.78, 5) is 21.7. The van der Waals surface area contributed by atoms with Gasteiger partial charge in [0, 0.05) is 49.4 Å². The summed E-state index contributed by atoms with van der Waals surface area (Å²) in [5.74, 6) is 0.671. The monoisotopic (exact) mass is 372 g/mol. The Balaban J connectivity index is 1.64. The van der Waals surface area contributed by atoms with E-state index in [2.05, 4.69) is 32.2 Å². The number of aryl methyl sites for hydroxylation is 2. The first-order valence-corrected chi connectivity index (χ1v) is 9.10. The topological polar surface area (TPSA) is 89.4 Å². The number of aromatic nitrogens is 6. The summed E-state index contributed by atoms with van der Waals surface area (Å²) in [5.41, 5.74) is 4.68. The van der Waals surface area contributed by atoms with Crippen molar-refractivity contribution in [1.29, 1.82) is 0 Å². The summed E-state index contributed by atoms with van der Waals surface area (Å²) >= 11 is 0. The molecule has 0 unspecified atom stereocenters. The Labute approximate surface area is 162 Å². The van der Waals surface area contributed by atoms with Crippen LogP contribution >= 0.6 is 0 Å². The van der Waals surface area contributed by atoms with Gasteiger partial charge in [0.05, 0.1) is 11.8 Å². The van der Waals surface area contributed by atoms with E-state index in [-0.39, 0.29) is 5.43 Å². The van der Waals surface area contributed by atoms with Crippen molar-refractivity contribution in [3.8, 4) is 22.5 Å². The zero-order chi connectivity index (χ0) is 19.5. The van der Waals surface area contributed by atoms with Crippen molar-refractivity contribution >= 4 is 0 Å². The number of nitrogens with one attached hydrogen (secondary N) is 1. The molecule has 28 heavy (non-hydrogen) atoms. The SMILES string of the molecule is CCc1cnc(-c2cccc(Cc3n[nH]cc(-c4cnn(C)c4)c3=O)c2)nc1. The van der Waals surface area contributed by atoms with Crippen LogP contribution in [0.5, 0.6) is 0 Å². The molecule has 3 heterocycles. The summed E-state index contributed by atoms with van der Waals surface area (Å²) in [7, 11) is 1.82. The van der Waals surface area contributed by atoms with E-state index in [1.165, 1.54) is 0 Å². The van der Waals surface area contributed by atoms with Gasteiger partial charge in [0.1, 0.15) is 5.69 Å². The molecule has 1 aromatic carbocycles. The summed E-state index contributed by atoms with van der Waals surface area (Å²) < 4.78 is 1.67. The van der Waals surface area contributed by atoms with Crippen molar-refractivity contribution in [3.05, 3.63) is 82.3 Å². The van der Waals surface area contributed by atoms with E-state index in [4.69, 9.17) is 0 Å². The van der Waals surface area contributed by atoms with Crippen molar-refractivity contribution in [2.24, 2.45) is 7.05 Å². The van der Waals surface area contributed by atoms with Crippen LogP contribution in [0.3, 0.4) is 0 Å². The van der Waals surface area contributed by atoms with Gasteiger partial charge in [-0.2, -0.15) is 10.2 Å². The first kappa shape index (κ1) is 17.8. The fraction of sp³-hybridized carbons (Fsp3) is 0.190. The highest BCUT2D eigenvalue weighted by molar-refractivity contribution is 5.61. The zero-order valence-electron chi connectivity index (χ0n) is 15.8. The standard InChI is InChI=1S/C21H20N6O/c1-3-14-9-22-21(23-10-14)16-6-4-5-15(7-16)8-19-20(28)18(12-24-26-19)17-11-25-27(2)13-17/h4-7,9-13H,3,8H2,1-2H3,(H,24,28). The van der Waals surface area contributed by atoms with Crippen molar-refractivity contribution < 1.29 is 0 Å². The van der Waals surface area contributed by atoms with Gasteiger partial charge in [-0.1, -0.05) is 25.1 Å². The lowest BCUT2D eigenvalue weighted by Crippen LogP contribution is -2.15. The molecule has 0 radical (unpaired) electrons. The molecule has 4 aromatic rings. The van der Waals surface area contributed by atoms with Crippen LogP contribution in [0.4, 0.5) is 0 Å². The minimum atomic E-state index is -0.0966. The fourth-order valence-electron chi connectivity index (χ4n) is 3.04. The molecule has 0 aliphatic rings. The van der Waals surface area contributed by atoms with Gasteiger partial charge >= 0.3 is 0 Å². The molecular formula is C21H20N6O. The lowest BCUT2D eigenvalue weighted by Gasteiger charge is -2.06. The highest BCUT2D eigenvalue weighted by Gasteiger charge is 2.12. The Morgan fingerprint density at radius 3 is 2.61 bits per heavy atom. The molecule has 140 valence electrons. The van der Waals surface area contributed by atoms with Gasteiger partial charge in [0.25, 0.3) is 0 Å². The minimum Gasteiger partial charge on any atom is -0.287 e. The maximum absolute atomic E-state index is 12.9. The number of hydrogen-bond donors (Lipinski definition) is 1. The predicted octanol–water partition coefficient (Wildman–Crippen LogP) is 2.78. The third-order valence-corrected chi connectivity index (χ3v) is 4.60. The zero-order valence-corrected chi connectivity index (χ0v) is 15.8. The van der Waals surface area contributed by atoms with Crippen molar-refractivity contribution in [1.82, 2.24) is 29.9 Å². The second-order valence-electron chi connectivity index (χ2n) is 6.62. The number of hydrogen-bond acceptors (Lipinski definition) is 5. The van der Waals surface area contributed by atoms with Crippen LogP contribution in [0.1, 0.15) is 23.7 Å². The van der Waals surface area contributed by atoms with Crippen LogP contribution in [0.15, 0.2) is 60.0 Å². The largest absolute Gasteiger partial charge is 0.287 e. The van der Waals surface area contributed by atoms with Gasteiger partial charge in [-0.25, -0.2) is 9.97 Å². The Bertz CT molecular complexity index is 1160. The molecule has 0 bridgehead atoms. The summed E-state index contributed by atoms with van der Waals surface area (Å²) in [6.07, 6.45) is 10.1. The average molecular weight is 372 g/mol. The van der Waals surface area contributed by atoms with Gasteiger partial charge in [-0.3, -0.25) is 14.6 Å². The van der Waals surface area contributed by atoms with E-state index >= 15 is 0 Å². The molecule has 4 rings (SSSR count). The highest BCUT2D eigenvalue weighted by Crippen LogP contribution is 2.18. The molecule has 0 fully saturated rings. The molecule has 0 aliphatic carbocycles. The van der Waals surface area contributed by atoms with Gasteiger partial charge in [0.15, 0.2) is 5.82 Å². The molecule has 1 N–H and O–H groups in total. The summed E-state index contributed by atoms with van der Waals surface area (Å²) in [6, 6.07) is 7.88. The maximum Gasteiger partial charge on any atom is 0.211 e. The Hall–Kier alpha value is -3.61. The lowest BCUT2D eigenvalue weighted by atomic mass is 10.0. The minimum absolute atomic E-state index is 0.0966. The smallest absolute Gasteiger partial charge is 0.211 e. The van der Waals surface area contributed by atoms with Gasteiger partial charge in [0.2, 0.25) is 5.43 Å². The Kier molecular flexibility index (Phi) is 4.80. The van der Waals surface area contributed by atoms with Crippen molar-refractivity contribution in [3.63, 3.8) is 0 Å². The van der Waals surface area contributed by atoms with Crippen LogP contribution in [0, 0.1) is 0 Å². The number of rotatable bonds is 5. The first-order valence-electron chi connectivity index (χ1n) is 9.10. The maximum atomic E-state index is 12.9. The fourth-order valence-corrected chi connectivity index (χ4v) is 3.04. The Morgan fingerprint density at radius 2 is 1.89 bits per heavy atom. The number of aromatic amines is 1. The normalized spacial score (nSPS) is 10.9. The van der Waals surface area contributed by atoms with E-state index in [1.54, 1.807) is 17.1 Å². The molecule has 0 atom stereocenters. The van der Waals surface area contributed by atoms with Crippen LogP contribution in [-0.2, 0) is 19.9 Å². The number of H-pyrrole nitrogens is 1. The predicted molar refractivity (Wildman–Crippen MR) is 107 cm³/mol. The van der Waals surface area contributed by atoms with Crippen molar-refractivity contribution in [2.45, 2.75) is 19.8 Å². The van der Waals surface area contributed by atoms with Crippen molar-refractivity contribution in [2.75, 3.05) is 0 Å². The molecule has 7 nitrogen and oxygen atoms in total. The molecule has 0 aliphatic heterocycles. The Morgan fingerprint density at radius 1 is 1.07 bits per heavy atom. The van der Waals surface area contributed by atoms with Gasteiger partial charge in [-0.05, 0) is 23.6 Å². The van der Waals surface area contributed by atoms with Gasteiger partial charge < -0.3 is 0 Å². The second-order valence-corrected chi connectivity index (χ2v) is 6.62.